The van der Waals surface area contributed by atoms with Crippen LogP contribution in [0.3, 0.4) is 0 Å². The molecule has 0 bridgehead atoms. The molecule has 0 fully saturated rings. The van der Waals surface area contributed by atoms with E-state index < -0.39 is 22.9 Å². The Labute approximate surface area is 174 Å². The summed E-state index contributed by atoms with van der Waals surface area (Å²) in [6.45, 7) is 1.99. The van der Waals surface area contributed by atoms with Gasteiger partial charge in [0.15, 0.2) is 0 Å². The Balaban J connectivity index is 1.94. The lowest BCUT2D eigenvalue weighted by Gasteiger charge is -2.26. The first-order chi connectivity index (χ1) is 14.1. The topological polar surface area (TPSA) is 55.4 Å². The first kappa shape index (κ1) is 21.0. The van der Waals surface area contributed by atoms with Gasteiger partial charge in [0, 0.05) is 0 Å². The highest BCUT2D eigenvalue weighted by Gasteiger charge is 2.32. The Morgan fingerprint density at radius 2 is 1.52 bits per heavy atom. The molecule has 0 aliphatic heterocycles. The number of ether oxygens (including phenoxy) is 1. The van der Waals surface area contributed by atoms with E-state index in [2.05, 4.69) is 4.72 Å². The van der Waals surface area contributed by atoms with E-state index in [0.29, 0.717) is 11.3 Å². The van der Waals surface area contributed by atoms with E-state index in [1.807, 2.05) is 91.9 Å². The van der Waals surface area contributed by atoms with Crippen LogP contribution in [-0.2, 0) is 26.9 Å². The number of methoxy groups -OCH3 is 1. The second-order valence-corrected chi connectivity index (χ2v) is 8.15. The standard InChI is InChI=1S/C24H25NO3S/c1-18-13-15-21(16-14-18)29(27)25-23(20-11-7-4-8-12-20)22(24(26)28-2)17-19-9-5-3-6-10-19/h3-16,22-23,25H,17H2,1-2H3/t22-,23-,29-/m0/s1. The van der Waals surface area contributed by atoms with E-state index in [1.165, 1.54) is 7.11 Å². The number of rotatable bonds is 8. The van der Waals surface area contributed by atoms with Gasteiger partial charge in [-0.15, -0.1) is 0 Å². The van der Waals surface area contributed by atoms with Crippen molar-refractivity contribution in [3.63, 3.8) is 0 Å². The first-order valence-corrected chi connectivity index (χ1v) is 10.6. The van der Waals surface area contributed by atoms with Gasteiger partial charge in [-0.25, -0.2) is 8.93 Å². The number of hydrogen-bond donors (Lipinski definition) is 1. The van der Waals surface area contributed by atoms with Crippen LogP contribution in [-0.4, -0.2) is 17.3 Å². The Bertz CT molecular complexity index is 943. The summed E-state index contributed by atoms with van der Waals surface area (Å²) >= 11 is 0. The number of esters is 1. The molecule has 0 aliphatic carbocycles. The molecule has 4 nitrogen and oxygen atoms in total. The monoisotopic (exact) mass is 407 g/mol. The predicted molar refractivity (Wildman–Crippen MR) is 116 cm³/mol. The van der Waals surface area contributed by atoms with Crippen LogP contribution in [0.15, 0.2) is 89.8 Å². The van der Waals surface area contributed by atoms with Gasteiger partial charge in [0.25, 0.3) is 0 Å². The van der Waals surface area contributed by atoms with Crippen molar-refractivity contribution >= 4 is 17.0 Å². The summed E-state index contributed by atoms with van der Waals surface area (Å²) in [5, 5.41) is 0. The Morgan fingerprint density at radius 1 is 0.931 bits per heavy atom. The van der Waals surface area contributed by atoms with Crippen LogP contribution >= 0.6 is 0 Å². The molecule has 0 saturated carbocycles. The first-order valence-electron chi connectivity index (χ1n) is 9.50. The van der Waals surface area contributed by atoms with Crippen LogP contribution in [0.5, 0.6) is 0 Å². The lowest BCUT2D eigenvalue weighted by molar-refractivity contribution is -0.146. The molecule has 29 heavy (non-hydrogen) atoms. The summed E-state index contributed by atoms with van der Waals surface area (Å²) in [6, 6.07) is 26.5. The fraction of sp³-hybridized carbons (Fsp3) is 0.208. The van der Waals surface area contributed by atoms with Gasteiger partial charge < -0.3 is 4.74 Å². The Morgan fingerprint density at radius 3 is 2.10 bits per heavy atom. The number of carbonyl (C=O) groups excluding carboxylic acids is 1. The van der Waals surface area contributed by atoms with Crippen molar-refractivity contribution in [2.75, 3.05) is 7.11 Å². The normalized spacial score (nSPS) is 14.0. The van der Waals surface area contributed by atoms with Gasteiger partial charge in [0.1, 0.15) is 11.0 Å². The number of hydrogen-bond acceptors (Lipinski definition) is 3. The fourth-order valence-electron chi connectivity index (χ4n) is 3.24. The summed E-state index contributed by atoms with van der Waals surface area (Å²) in [5.74, 6) is -0.865. The van der Waals surface area contributed by atoms with Crippen molar-refractivity contribution in [1.82, 2.24) is 4.72 Å². The lowest BCUT2D eigenvalue weighted by atomic mass is 9.88. The molecule has 0 aliphatic rings. The molecule has 3 aromatic rings. The Hall–Kier alpha value is -2.76. The minimum absolute atomic E-state index is 0.337. The van der Waals surface area contributed by atoms with Gasteiger partial charge >= 0.3 is 5.97 Å². The smallest absolute Gasteiger partial charge is 0.310 e. The van der Waals surface area contributed by atoms with Crippen molar-refractivity contribution in [3.8, 4) is 0 Å². The molecule has 0 aromatic heterocycles. The maximum absolute atomic E-state index is 13.1. The molecule has 0 heterocycles. The second kappa shape index (κ2) is 10.1. The Kier molecular flexibility index (Phi) is 7.33. The highest BCUT2D eigenvalue weighted by Crippen LogP contribution is 2.28. The highest BCUT2D eigenvalue weighted by atomic mass is 32.2. The maximum Gasteiger partial charge on any atom is 0.310 e. The van der Waals surface area contributed by atoms with Gasteiger partial charge in [-0.2, -0.15) is 0 Å². The van der Waals surface area contributed by atoms with E-state index >= 15 is 0 Å². The van der Waals surface area contributed by atoms with Crippen molar-refractivity contribution in [2.45, 2.75) is 24.3 Å². The second-order valence-electron chi connectivity index (χ2n) is 6.91. The lowest BCUT2D eigenvalue weighted by Crippen LogP contribution is -2.36. The van der Waals surface area contributed by atoms with Crippen LogP contribution < -0.4 is 4.72 Å². The number of aryl methyl sites for hydroxylation is 1. The van der Waals surface area contributed by atoms with E-state index in [4.69, 9.17) is 4.74 Å². The average molecular weight is 408 g/mol. The summed E-state index contributed by atoms with van der Waals surface area (Å²) in [5.41, 5.74) is 3.01. The zero-order chi connectivity index (χ0) is 20.6. The van der Waals surface area contributed by atoms with Gasteiger partial charge in [0.2, 0.25) is 0 Å². The fourth-order valence-corrected chi connectivity index (χ4v) is 4.30. The average Bonchev–Trinajstić information content (AvgIpc) is 2.77. The predicted octanol–water partition coefficient (Wildman–Crippen LogP) is 4.38. The van der Waals surface area contributed by atoms with Gasteiger partial charge in [0.05, 0.1) is 24.0 Å². The van der Waals surface area contributed by atoms with Crippen molar-refractivity contribution in [2.24, 2.45) is 5.92 Å². The largest absolute Gasteiger partial charge is 0.469 e. The zero-order valence-corrected chi connectivity index (χ0v) is 17.4. The molecule has 0 unspecified atom stereocenters. The third-order valence-corrected chi connectivity index (χ3v) is 6.00. The SMILES string of the molecule is COC(=O)[C@@H](Cc1ccccc1)[C@@H](N[S@@](=O)c1ccc(C)cc1)c1ccccc1. The molecule has 3 atom stereocenters. The van der Waals surface area contributed by atoms with E-state index in [9.17, 15) is 9.00 Å². The molecule has 0 spiro atoms. The molecule has 1 N–H and O–H groups in total. The van der Waals surface area contributed by atoms with Crippen molar-refractivity contribution in [3.05, 3.63) is 102 Å². The molecule has 5 heteroatoms. The minimum atomic E-state index is -1.48. The summed E-state index contributed by atoms with van der Waals surface area (Å²) in [6.07, 6.45) is 0.477. The number of nitrogens with one attached hydrogen (secondary N) is 1. The number of benzene rings is 3. The quantitative estimate of drug-likeness (QED) is 0.564. The van der Waals surface area contributed by atoms with E-state index in [-0.39, 0.29) is 5.97 Å². The summed E-state index contributed by atoms with van der Waals surface area (Å²) in [7, 11) is -0.0889. The zero-order valence-electron chi connectivity index (χ0n) is 16.6. The maximum atomic E-state index is 13.1. The third kappa shape index (κ3) is 5.62. The van der Waals surface area contributed by atoms with E-state index in [0.717, 1.165) is 16.7 Å². The highest BCUT2D eigenvalue weighted by molar-refractivity contribution is 7.83. The van der Waals surface area contributed by atoms with Crippen molar-refractivity contribution in [1.29, 1.82) is 0 Å². The third-order valence-electron chi connectivity index (χ3n) is 4.83. The van der Waals surface area contributed by atoms with Crippen molar-refractivity contribution < 1.29 is 13.7 Å². The molecule has 0 saturated heterocycles. The van der Waals surface area contributed by atoms with Crippen LogP contribution in [0.25, 0.3) is 0 Å². The van der Waals surface area contributed by atoms with Gasteiger partial charge in [-0.1, -0.05) is 78.4 Å². The summed E-state index contributed by atoms with van der Waals surface area (Å²) in [4.78, 5) is 13.4. The van der Waals surface area contributed by atoms with Gasteiger partial charge in [-0.3, -0.25) is 4.79 Å². The molecule has 0 amide bonds. The minimum Gasteiger partial charge on any atom is -0.469 e. The van der Waals surface area contributed by atoms with Crippen LogP contribution in [0, 0.1) is 12.8 Å². The molecule has 0 radical (unpaired) electrons. The molecule has 3 aromatic carbocycles. The van der Waals surface area contributed by atoms with E-state index in [1.54, 1.807) is 0 Å². The van der Waals surface area contributed by atoms with Crippen LogP contribution in [0.2, 0.25) is 0 Å². The van der Waals surface area contributed by atoms with Gasteiger partial charge in [-0.05, 0) is 36.6 Å². The molecule has 150 valence electrons. The molecular formula is C24H25NO3S. The summed E-state index contributed by atoms with van der Waals surface area (Å²) < 4.78 is 21.3. The number of carbonyl (C=O) groups is 1. The molecule has 3 rings (SSSR count). The van der Waals surface area contributed by atoms with Crippen LogP contribution in [0.4, 0.5) is 0 Å². The molecular weight excluding hydrogens is 382 g/mol. The van der Waals surface area contributed by atoms with Crippen LogP contribution in [0.1, 0.15) is 22.7 Å².